The zero-order valence-corrected chi connectivity index (χ0v) is 7.37. The second kappa shape index (κ2) is 4.14. The van der Waals surface area contributed by atoms with Gasteiger partial charge in [0.25, 0.3) is 6.43 Å². The quantitative estimate of drug-likeness (QED) is 0.670. The predicted molar refractivity (Wildman–Crippen MR) is 44.5 cm³/mol. The lowest BCUT2D eigenvalue weighted by atomic mass is 10.0. The predicted octanol–water partition coefficient (Wildman–Crippen LogP) is 0.983. The molecule has 2 nitrogen and oxygen atoms in total. The molecule has 0 bridgehead atoms. The summed E-state index contributed by atoms with van der Waals surface area (Å²) in [6.45, 7) is 3.51. The molecule has 1 aliphatic rings. The summed E-state index contributed by atoms with van der Waals surface area (Å²) in [5.74, 6) is 0. The standard InChI is InChI=1S/C8H16F2N2/c1-8(3-2-4-12-8)6-11-5-7(9)10/h7,11-12H,2-6H2,1H3. The van der Waals surface area contributed by atoms with Crippen LogP contribution in [0.1, 0.15) is 19.8 Å². The molecule has 0 aromatic heterocycles. The molecule has 1 rings (SSSR count). The summed E-state index contributed by atoms with van der Waals surface area (Å²) in [5, 5.41) is 6.05. The summed E-state index contributed by atoms with van der Waals surface area (Å²) in [4.78, 5) is 0. The molecule has 4 heteroatoms. The van der Waals surface area contributed by atoms with E-state index < -0.39 is 6.43 Å². The topological polar surface area (TPSA) is 24.1 Å². The first kappa shape index (κ1) is 9.86. The van der Waals surface area contributed by atoms with E-state index in [1.807, 2.05) is 0 Å². The molecule has 1 heterocycles. The first-order valence-electron chi connectivity index (χ1n) is 4.36. The Morgan fingerprint density at radius 1 is 1.58 bits per heavy atom. The van der Waals surface area contributed by atoms with Crippen LogP contribution < -0.4 is 10.6 Å². The van der Waals surface area contributed by atoms with Gasteiger partial charge in [0.1, 0.15) is 0 Å². The van der Waals surface area contributed by atoms with Gasteiger partial charge in [0, 0.05) is 12.1 Å². The van der Waals surface area contributed by atoms with Gasteiger partial charge in [-0.1, -0.05) is 0 Å². The van der Waals surface area contributed by atoms with Crippen LogP contribution in [0.5, 0.6) is 0 Å². The van der Waals surface area contributed by atoms with E-state index >= 15 is 0 Å². The number of alkyl halides is 2. The maximum Gasteiger partial charge on any atom is 0.250 e. The summed E-state index contributed by atoms with van der Waals surface area (Å²) < 4.78 is 23.5. The molecule has 1 atom stereocenters. The first-order chi connectivity index (χ1) is 5.62. The number of hydrogen-bond acceptors (Lipinski definition) is 2. The van der Waals surface area contributed by atoms with Gasteiger partial charge < -0.3 is 10.6 Å². The molecule has 1 aliphatic heterocycles. The summed E-state index contributed by atoms with van der Waals surface area (Å²) in [5.41, 5.74) is 0.0366. The number of rotatable bonds is 4. The molecule has 0 aromatic carbocycles. The molecule has 1 unspecified atom stereocenters. The Hall–Kier alpha value is -0.220. The van der Waals surface area contributed by atoms with Crippen molar-refractivity contribution in [2.75, 3.05) is 19.6 Å². The van der Waals surface area contributed by atoms with Crippen LogP contribution in [0.15, 0.2) is 0 Å². The van der Waals surface area contributed by atoms with E-state index in [0.29, 0.717) is 6.54 Å². The second-order valence-electron chi connectivity index (χ2n) is 3.61. The minimum atomic E-state index is -2.24. The van der Waals surface area contributed by atoms with Gasteiger partial charge in [-0.2, -0.15) is 0 Å². The monoisotopic (exact) mass is 178 g/mol. The molecular formula is C8H16F2N2. The van der Waals surface area contributed by atoms with Gasteiger partial charge in [0.05, 0.1) is 6.54 Å². The summed E-state index contributed by atoms with van der Waals surface area (Å²) >= 11 is 0. The average molecular weight is 178 g/mol. The van der Waals surface area contributed by atoms with Crippen molar-refractivity contribution in [1.82, 2.24) is 10.6 Å². The van der Waals surface area contributed by atoms with Crippen molar-refractivity contribution in [3.63, 3.8) is 0 Å². The largest absolute Gasteiger partial charge is 0.310 e. The van der Waals surface area contributed by atoms with Gasteiger partial charge in [-0.3, -0.25) is 0 Å². The minimum Gasteiger partial charge on any atom is -0.310 e. The molecule has 2 N–H and O–H groups in total. The maximum absolute atomic E-state index is 11.8. The van der Waals surface area contributed by atoms with Crippen molar-refractivity contribution in [3.8, 4) is 0 Å². The summed E-state index contributed by atoms with van der Waals surface area (Å²) in [6.07, 6.45) is -0.0224. The fraction of sp³-hybridized carbons (Fsp3) is 1.00. The van der Waals surface area contributed by atoms with Crippen LogP contribution in [0.2, 0.25) is 0 Å². The Labute approximate surface area is 71.7 Å². The highest BCUT2D eigenvalue weighted by molar-refractivity contribution is 4.90. The third kappa shape index (κ3) is 3.03. The highest BCUT2D eigenvalue weighted by Gasteiger charge is 2.27. The molecular weight excluding hydrogens is 162 g/mol. The van der Waals surface area contributed by atoms with Crippen LogP contribution in [-0.2, 0) is 0 Å². The average Bonchev–Trinajstić information content (AvgIpc) is 2.35. The molecule has 1 saturated heterocycles. The normalized spacial score (nSPS) is 30.0. The number of halogens is 2. The van der Waals surface area contributed by atoms with Gasteiger partial charge in [-0.15, -0.1) is 0 Å². The first-order valence-corrected chi connectivity index (χ1v) is 4.36. The minimum absolute atomic E-state index is 0.0366. The van der Waals surface area contributed by atoms with Crippen LogP contribution >= 0.6 is 0 Å². The zero-order valence-electron chi connectivity index (χ0n) is 7.37. The third-order valence-electron chi connectivity index (χ3n) is 2.27. The lowest BCUT2D eigenvalue weighted by Crippen LogP contribution is -2.46. The molecule has 1 fully saturated rings. The highest BCUT2D eigenvalue weighted by Crippen LogP contribution is 2.16. The van der Waals surface area contributed by atoms with Crippen molar-refractivity contribution in [3.05, 3.63) is 0 Å². The van der Waals surface area contributed by atoms with Crippen molar-refractivity contribution in [2.24, 2.45) is 0 Å². The molecule has 0 radical (unpaired) electrons. The third-order valence-corrected chi connectivity index (χ3v) is 2.27. The Morgan fingerprint density at radius 2 is 2.33 bits per heavy atom. The second-order valence-corrected chi connectivity index (χ2v) is 3.61. The van der Waals surface area contributed by atoms with Crippen LogP contribution in [0.4, 0.5) is 8.78 Å². The van der Waals surface area contributed by atoms with E-state index in [9.17, 15) is 8.78 Å². The van der Waals surface area contributed by atoms with Crippen molar-refractivity contribution in [2.45, 2.75) is 31.7 Å². The fourth-order valence-electron chi connectivity index (χ4n) is 1.57. The van der Waals surface area contributed by atoms with Gasteiger partial charge in [0.2, 0.25) is 0 Å². The summed E-state index contributed by atoms with van der Waals surface area (Å²) in [6, 6.07) is 0. The van der Waals surface area contributed by atoms with E-state index in [1.165, 1.54) is 0 Å². The van der Waals surface area contributed by atoms with Crippen molar-refractivity contribution >= 4 is 0 Å². The molecule has 12 heavy (non-hydrogen) atoms. The maximum atomic E-state index is 11.8. The van der Waals surface area contributed by atoms with Gasteiger partial charge >= 0.3 is 0 Å². The summed E-state index contributed by atoms with van der Waals surface area (Å²) in [7, 11) is 0. The number of nitrogens with one attached hydrogen (secondary N) is 2. The van der Waals surface area contributed by atoms with E-state index in [-0.39, 0.29) is 12.1 Å². The Morgan fingerprint density at radius 3 is 2.83 bits per heavy atom. The van der Waals surface area contributed by atoms with Crippen LogP contribution in [0.3, 0.4) is 0 Å². The van der Waals surface area contributed by atoms with Crippen LogP contribution in [0, 0.1) is 0 Å². The lowest BCUT2D eigenvalue weighted by molar-refractivity contribution is 0.143. The smallest absolute Gasteiger partial charge is 0.250 e. The van der Waals surface area contributed by atoms with Crippen molar-refractivity contribution in [1.29, 1.82) is 0 Å². The fourth-order valence-corrected chi connectivity index (χ4v) is 1.57. The molecule has 0 saturated carbocycles. The van der Waals surface area contributed by atoms with Gasteiger partial charge in [0.15, 0.2) is 0 Å². The molecule has 72 valence electrons. The molecule has 0 aliphatic carbocycles. The highest BCUT2D eigenvalue weighted by atomic mass is 19.3. The Balaban J connectivity index is 2.13. The van der Waals surface area contributed by atoms with Crippen LogP contribution in [-0.4, -0.2) is 31.6 Å². The van der Waals surface area contributed by atoms with E-state index in [2.05, 4.69) is 17.6 Å². The van der Waals surface area contributed by atoms with Gasteiger partial charge in [-0.25, -0.2) is 8.78 Å². The van der Waals surface area contributed by atoms with E-state index in [0.717, 1.165) is 19.4 Å². The number of hydrogen-bond donors (Lipinski definition) is 2. The molecule has 0 spiro atoms. The zero-order chi connectivity index (χ0) is 9.03. The Bertz CT molecular complexity index is 133. The molecule has 0 amide bonds. The van der Waals surface area contributed by atoms with E-state index in [1.54, 1.807) is 0 Å². The SMILES string of the molecule is CC1(CNCC(F)F)CCCN1. The Kier molecular flexibility index (Phi) is 3.40. The molecule has 0 aromatic rings. The van der Waals surface area contributed by atoms with Crippen molar-refractivity contribution < 1.29 is 8.78 Å². The van der Waals surface area contributed by atoms with Gasteiger partial charge in [-0.05, 0) is 26.3 Å². The van der Waals surface area contributed by atoms with E-state index in [4.69, 9.17) is 0 Å². The van der Waals surface area contributed by atoms with Crippen LogP contribution in [0.25, 0.3) is 0 Å². The lowest BCUT2D eigenvalue weighted by Gasteiger charge is -2.24.